The van der Waals surface area contributed by atoms with Gasteiger partial charge in [-0.15, -0.1) is 0 Å². The monoisotopic (exact) mass is 276 g/mol. The van der Waals surface area contributed by atoms with Crippen molar-refractivity contribution in [3.8, 4) is 11.5 Å². The van der Waals surface area contributed by atoms with Gasteiger partial charge in [-0.2, -0.15) is 8.78 Å². The first-order valence-corrected chi connectivity index (χ1v) is 5.78. The van der Waals surface area contributed by atoms with Crippen LogP contribution in [0, 0.1) is 0 Å². The molecule has 1 saturated carbocycles. The minimum absolute atomic E-state index is 0.0472. The summed E-state index contributed by atoms with van der Waals surface area (Å²) in [5, 5.41) is -0.683. The molecule has 1 aliphatic rings. The van der Waals surface area contributed by atoms with Crippen molar-refractivity contribution in [3.63, 3.8) is 0 Å². The molecule has 0 spiro atoms. The van der Waals surface area contributed by atoms with E-state index in [-0.39, 0.29) is 23.0 Å². The zero-order chi connectivity index (χ0) is 13.3. The molecule has 0 amide bonds. The van der Waals surface area contributed by atoms with Crippen molar-refractivity contribution in [1.29, 1.82) is 0 Å². The summed E-state index contributed by atoms with van der Waals surface area (Å²) in [6, 6.07) is 2.66. The number of hydrogen-bond donors (Lipinski definition) is 0. The van der Waals surface area contributed by atoms with Crippen LogP contribution in [0.3, 0.4) is 0 Å². The summed E-state index contributed by atoms with van der Waals surface area (Å²) in [4.78, 5) is 11.3. The second-order valence-electron chi connectivity index (χ2n) is 3.98. The van der Waals surface area contributed by atoms with E-state index in [1.54, 1.807) is 0 Å². The van der Waals surface area contributed by atoms with Gasteiger partial charge in [-0.3, -0.25) is 4.79 Å². The fraction of sp³-hybridized carbons (Fsp3) is 0.417. The molecule has 0 aliphatic heterocycles. The predicted octanol–water partition coefficient (Wildman–Crippen LogP) is 3.55. The van der Waals surface area contributed by atoms with E-state index in [9.17, 15) is 13.6 Å². The summed E-state index contributed by atoms with van der Waals surface area (Å²) in [5.74, 6) is 0.367. The molecule has 1 fully saturated rings. The normalized spacial score (nSPS) is 14.7. The summed E-state index contributed by atoms with van der Waals surface area (Å²) in [5.41, 5.74) is 0.673. The highest BCUT2D eigenvalue weighted by Crippen LogP contribution is 2.50. The maximum absolute atomic E-state index is 12.3. The van der Waals surface area contributed by atoms with Crippen molar-refractivity contribution < 1.29 is 23.0 Å². The minimum atomic E-state index is -2.91. The van der Waals surface area contributed by atoms with Crippen LogP contribution in [0.25, 0.3) is 0 Å². The predicted molar refractivity (Wildman–Crippen MR) is 61.8 cm³/mol. The third kappa shape index (κ3) is 2.56. The van der Waals surface area contributed by atoms with E-state index < -0.39 is 11.9 Å². The molecule has 2 rings (SSSR count). The molecule has 98 valence electrons. The van der Waals surface area contributed by atoms with Gasteiger partial charge in [-0.05, 0) is 42.5 Å². The molecule has 0 saturated heterocycles. The number of carbonyl (C=O) groups is 1. The van der Waals surface area contributed by atoms with E-state index in [1.165, 1.54) is 19.2 Å². The van der Waals surface area contributed by atoms with E-state index in [1.807, 2.05) is 0 Å². The lowest BCUT2D eigenvalue weighted by molar-refractivity contribution is -0.0505. The summed E-state index contributed by atoms with van der Waals surface area (Å²) in [7, 11) is 1.37. The molecule has 1 aliphatic carbocycles. The SMILES string of the molecule is COc1c(C(=O)Cl)ccc(OC(F)F)c1C1CC1. The Hall–Kier alpha value is -1.36. The molecule has 1 aromatic rings. The number of carbonyl (C=O) groups excluding carboxylic acids is 1. The number of rotatable bonds is 5. The van der Waals surface area contributed by atoms with E-state index in [0.29, 0.717) is 5.56 Å². The molecule has 0 radical (unpaired) electrons. The Morgan fingerprint density at radius 1 is 1.44 bits per heavy atom. The quantitative estimate of drug-likeness (QED) is 0.772. The zero-order valence-electron chi connectivity index (χ0n) is 9.58. The minimum Gasteiger partial charge on any atom is -0.496 e. The van der Waals surface area contributed by atoms with Gasteiger partial charge >= 0.3 is 6.61 Å². The number of hydrogen-bond acceptors (Lipinski definition) is 3. The van der Waals surface area contributed by atoms with Gasteiger partial charge in [0.1, 0.15) is 11.5 Å². The van der Waals surface area contributed by atoms with Crippen LogP contribution in [-0.4, -0.2) is 19.0 Å². The van der Waals surface area contributed by atoms with Crippen molar-refractivity contribution in [3.05, 3.63) is 23.3 Å². The topological polar surface area (TPSA) is 35.5 Å². The standard InChI is InChI=1S/C12H11ClF2O3/c1-17-10-7(11(13)16)4-5-8(18-12(14)15)9(10)6-2-3-6/h4-6,12H,2-3H2,1H3. The van der Waals surface area contributed by atoms with Gasteiger partial charge in [0.15, 0.2) is 0 Å². The molecule has 0 bridgehead atoms. The van der Waals surface area contributed by atoms with Crippen molar-refractivity contribution in [2.75, 3.05) is 7.11 Å². The molecule has 18 heavy (non-hydrogen) atoms. The molecule has 3 nitrogen and oxygen atoms in total. The zero-order valence-corrected chi connectivity index (χ0v) is 10.3. The number of benzene rings is 1. The molecule has 1 aromatic carbocycles. The molecule has 0 N–H and O–H groups in total. The Morgan fingerprint density at radius 2 is 2.11 bits per heavy atom. The highest BCUT2D eigenvalue weighted by molar-refractivity contribution is 6.68. The first kappa shape index (κ1) is 13.1. The van der Waals surface area contributed by atoms with Crippen LogP contribution >= 0.6 is 11.6 Å². The number of alkyl halides is 2. The highest BCUT2D eigenvalue weighted by Gasteiger charge is 2.33. The number of halogens is 3. The summed E-state index contributed by atoms with van der Waals surface area (Å²) >= 11 is 5.43. The van der Waals surface area contributed by atoms with Gasteiger partial charge in [0.05, 0.1) is 12.7 Å². The molecule has 0 unspecified atom stereocenters. The lowest BCUT2D eigenvalue weighted by atomic mass is 10.0. The Morgan fingerprint density at radius 3 is 2.56 bits per heavy atom. The third-order valence-corrected chi connectivity index (χ3v) is 2.98. The average molecular weight is 277 g/mol. The Labute approximate surface area is 108 Å². The Kier molecular flexibility index (Phi) is 3.71. The van der Waals surface area contributed by atoms with Crippen LogP contribution in [0.15, 0.2) is 12.1 Å². The fourth-order valence-electron chi connectivity index (χ4n) is 1.91. The fourth-order valence-corrected chi connectivity index (χ4v) is 2.06. The van der Waals surface area contributed by atoms with Crippen LogP contribution < -0.4 is 9.47 Å². The smallest absolute Gasteiger partial charge is 0.387 e. The largest absolute Gasteiger partial charge is 0.496 e. The van der Waals surface area contributed by atoms with Crippen LogP contribution in [0.5, 0.6) is 11.5 Å². The van der Waals surface area contributed by atoms with Crippen molar-refractivity contribution in [1.82, 2.24) is 0 Å². The molecule has 0 atom stereocenters. The van der Waals surface area contributed by atoms with Crippen LogP contribution in [0.4, 0.5) is 8.78 Å². The molecule has 0 aromatic heterocycles. The van der Waals surface area contributed by atoms with Gasteiger partial charge in [-0.25, -0.2) is 0 Å². The lowest BCUT2D eigenvalue weighted by Crippen LogP contribution is -2.07. The van der Waals surface area contributed by atoms with Crippen LogP contribution in [0.2, 0.25) is 0 Å². The number of ether oxygens (including phenoxy) is 2. The van der Waals surface area contributed by atoms with E-state index in [0.717, 1.165) is 12.8 Å². The summed E-state index contributed by atoms with van der Waals surface area (Å²) in [6.07, 6.45) is 1.71. The van der Waals surface area contributed by atoms with E-state index in [2.05, 4.69) is 4.74 Å². The second kappa shape index (κ2) is 5.10. The average Bonchev–Trinajstić information content (AvgIpc) is 3.10. The van der Waals surface area contributed by atoms with Gasteiger partial charge in [-0.1, -0.05) is 0 Å². The van der Waals surface area contributed by atoms with E-state index >= 15 is 0 Å². The maximum atomic E-state index is 12.3. The van der Waals surface area contributed by atoms with Gasteiger partial charge in [0.2, 0.25) is 0 Å². The van der Waals surface area contributed by atoms with Gasteiger partial charge in [0.25, 0.3) is 5.24 Å². The third-order valence-electron chi connectivity index (χ3n) is 2.77. The van der Waals surface area contributed by atoms with Crippen LogP contribution in [-0.2, 0) is 0 Å². The van der Waals surface area contributed by atoms with Gasteiger partial charge < -0.3 is 9.47 Å². The van der Waals surface area contributed by atoms with E-state index in [4.69, 9.17) is 16.3 Å². The molecular formula is C12H11ClF2O3. The summed E-state index contributed by atoms with van der Waals surface area (Å²) < 4.78 is 34.2. The number of methoxy groups -OCH3 is 1. The Balaban J connectivity index is 2.52. The first-order valence-electron chi connectivity index (χ1n) is 5.40. The van der Waals surface area contributed by atoms with Crippen molar-refractivity contribution >= 4 is 16.8 Å². The Bertz CT molecular complexity index is 473. The van der Waals surface area contributed by atoms with Gasteiger partial charge in [0, 0.05) is 5.56 Å². The summed E-state index contributed by atoms with van der Waals surface area (Å²) in [6.45, 7) is -2.91. The molecular weight excluding hydrogens is 266 g/mol. The maximum Gasteiger partial charge on any atom is 0.387 e. The van der Waals surface area contributed by atoms with Crippen LogP contribution in [0.1, 0.15) is 34.7 Å². The molecule has 6 heteroatoms. The van der Waals surface area contributed by atoms with Crippen molar-refractivity contribution in [2.45, 2.75) is 25.4 Å². The van der Waals surface area contributed by atoms with Crippen molar-refractivity contribution in [2.24, 2.45) is 0 Å². The first-order chi connectivity index (χ1) is 8.54. The second-order valence-corrected chi connectivity index (χ2v) is 4.33. The lowest BCUT2D eigenvalue weighted by Gasteiger charge is -2.16. The molecule has 0 heterocycles. The highest BCUT2D eigenvalue weighted by atomic mass is 35.5.